The Morgan fingerprint density at radius 1 is 1.25 bits per heavy atom. The molecule has 0 saturated carbocycles. The molecule has 0 unspecified atom stereocenters. The molecule has 4 N–H and O–H groups in total. The average Bonchev–Trinajstić information content (AvgIpc) is 2.45. The van der Waals surface area contributed by atoms with Crippen molar-refractivity contribution in [3.05, 3.63) is 59.4 Å². The van der Waals surface area contributed by atoms with E-state index in [1.165, 1.54) is 0 Å². The summed E-state index contributed by atoms with van der Waals surface area (Å²) in [5.74, 6) is -0.0900. The van der Waals surface area contributed by atoms with E-state index in [1.54, 1.807) is 42.6 Å². The van der Waals surface area contributed by atoms with Gasteiger partial charge in [-0.05, 0) is 29.8 Å². The molecule has 102 valence electrons. The average molecular weight is 287 g/mol. The second kappa shape index (κ2) is 6.12. The number of ether oxygens (including phenoxy) is 1. The van der Waals surface area contributed by atoms with Crippen molar-refractivity contribution in [3.63, 3.8) is 0 Å². The van der Waals surface area contributed by atoms with Crippen molar-refractivity contribution in [2.75, 3.05) is 0 Å². The Labute approximate surface area is 121 Å². The third kappa shape index (κ3) is 3.30. The smallest absolute Gasteiger partial charge is 0.252 e. The van der Waals surface area contributed by atoms with E-state index in [0.29, 0.717) is 17.0 Å². The SMILES string of the molecule is NC(=O)c1ccccc1OCc1ccnc(C(N)=S)c1. The number of rotatable bonds is 5. The second-order valence-electron chi connectivity index (χ2n) is 4.06. The van der Waals surface area contributed by atoms with Crippen LogP contribution in [0.2, 0.25) is 0 Å². The molecular formula is C14H13N3O2S. The summed E-state index contributed by atoms with van der Waals surface area (Å²) in [6.07, 6.45) is 1.60. The van der Waals surface area contributed by atoms with Crippen LogP contribution < -0.4 is 16.2 Å². The first-order valence-electron chi connectivity index (χ1n) is 5.84. The second-order valence-corrected chi connectivity index (χ2v) is 4.50. The Morgan fingerprint density at radius 2 is 2.00 bits per heavy atom. The summed E-state index contributed by atoms with van der Waals surface area (Å²) in [5, 5.41) is 0. The maximum atomic E-state index is 11.3. The van der Waals surface area contributed by atoms with Gasteiger partial charge in [0.25, 0.3) is 5.91 Å². The Morgan fingerprint density at radius 3 is 2.70 bits per heavy atom. The van der Waals surface area contributed by atoms with Crippen LogP contribution in [0.4, 0.5) is 0 Å². The molecule has 0 aliphatic carbocycles. The monoisotopic (exact) mass is 287 g/mol. The van der Waals surface area contributed by atoms with Gasteiger partial charge in [-0.25, -0.2) is 0 Å². The zero-order valence-corrected chi connectivity index (χ0v) is 11.4. The predicted octanol–water partition coefficient (Wildman–Crippen LogP) is 1.39. The lowest BCUT2D eigenvalue weighted by molar-refractivity contribution is 0.0996. The van der Waals surface area contributed by atoms with E-state index in [-0.39, 0.29) is 11.6 Å². The van der Waals surface area contributed by atoms with Crippen LogP contribution in [-0.4, -0.2) is 15.9 Å². The highest BCUT2D eigenvalue weighted by Crippen LogP contribution is 2.18. The molecule has 0 aliphatic rings. The number of para-hydroxylation sites is 1. The molecule has 0 aliphatic heterocycles. The lowest BCUT2D eigenvalue weighted by atomic mass is 10.2. The van der Waals surface area contributed by atoms with Crippen LogP contribution in [0.3, 0.4) is 0 Å². The third-order valence-corrected chi connectivity index (χ3v) is 2.83. The predicted molar refractivity (Wildman–Crippen MR) is 79.4 cm³/mol. The Kier molecular flexibility index (Phi) is 4.27. The van der Waals surface area contributed by atoms with Crippen LogP contribution in [0.15, 0.2) is 42.6 Å². The van der Waals surface area contributed by atoms with Gasteiger partial charge in [0.1, 0.15) is 17.3 Å². The zero-order chi connectivity index (χ0) is 14.5. The van der Waals surface area contributed by atoms with E-state index >= 15 is 0 Å². The van der Waals surface area contributed by atoms with Gasteiger partial charge in [-0.3, -0.25) is 9.78 Å². The summed E-state index contributed by atoms with van der Waals surface area (Å²) < 4.78 is 5.61. The van der Waals surface area contributed by atoms with Crippen LogP contribution >= 0.6 is 12.2 Å². The van der Waals surface area contributed by atoms with Crippen LogP contribution in [0.25, 0.3) is 0 Å². The maximum Gasteiger partial charge on any atom is 0.252 e. The Hall–Kier alpha value is -2.47. The molecule has 1 aromatic carbocycles. The van der Waals surface area contributed by atoms with Crippen LogP contribution in [0, 0.1) is 0 Å². The molecule has 0 bridgehead atoms. The third-order valence-electron chi connectivity index (χ3n) is 2.62. The van der Waals surface area contributed by atoms with Crippen molar-refractivity contribution >= 4 is 23.1 Å². The summed E-state index contributed by atoms with van der Waals surface area (Å²) in [5.41, 5.74) is 12.5. The number of pyridine rings is 1. The first-order chi connectivity index (χ1) is 9.58. The number of nitrogens with two attached hydrogens (primary N) is 2. The molecule has 6 heteroatoms. The molecule has 1 heterocycles. The normalized spacial score (nSPS) is 10.0. The number of carbonyl (C=O) groups is 1. The number of aromatic nitrogens is 1. The number of nitrogens with zero attached hydrogens (tertiary/aromatic N) is 1. The van der Waals surface area contributed by atoms with Crippen molar-refractivity contribution < 1.29 is 9.53 Å². The standard InChI is InChI=1S/C14H13N3O2S/c15-13(18)10-3-1-2-4-12(10)19-8-9-5-6-17-11(7-9)14(16)20/h1-7H,8H2,(H2,15,18)(H2,16,20). The highest BCUT2D eigenvalue weighted by Gasteiger charge is 2.08. The first-order valence-corrected chi connectivity index (χ1v) is 6.25. The van der Waals surface area contributed by atoms with Crippen LogP contribution in [-0.2, 0) is 6.61 Å². The number of thiocarbonyl (C=S) groups is 1. The molecule has 5 nitrogen and oxygen atoms in total. The Balaban J connectivity index is 2.15. The Bertz CT molecular complexity index is 658. The van der Waals surface area contributed by atoms with Gasteiger partial charge in [-0.2, -0.15) is 0 Å². The fraction of sp³-hybridized carbons (Fsp3) is 0.0714. The molecule has 2 rings (SSSR count). The van der Waals surface area contributed by atoms with Gasteiger partial charge in [0.05, 0.1) is 11.3 Å². The van der Waals surface area contributed by atoms with E-state index in [4.69, 9.17) is 28.4 Å². The van der Waals surface area contributed by atoms with E-state index < -0.39 is 5.91 Å². The number of hydrogen-bond donors (Lipinski definition) is 2. The molecule has 0 fully saturated rings. The molecule has 20 heavy (non-hydrogen) atoms. The zero-order valence-electron chi connectivity index (χ0n) is 10.6. The highest BCUT2D eigenvalue weighted by atomic mass is 32.1. The molecule has 0 atom stereocenters. The molecule has 1 amide bonds. The summed E-state index contributed by atoms with van der Waals surface area (Å²) >= 11 is 4.87. The van der Waals surface area contributed by atoms with Crippen molar-refractivity contribution in [2.45, 2.75) is 6.61 Å². The quantitative estimate of drug-likeness (QED) is 0.811. The lowest BCUT2D eigenvalue weighted by Crippen LogP contribution is -2.13. The van der Waals surface area contributed by atoms with E-state index in [2.05, 4.69) is 4.98 Å². The van der Waals surface area contributed by atoms with Gasteiger partial charge < -0.3 is 16.2 Å². The van der Waals surface area contributed by atoms with Crippen molar-refractivity contribution in [2.24, 2.45) is 11.5 Å². The maximum absolute atomic E-state index is 11.3. The van der Waals surface area contributed by atoms with Crippen LogP contribution in [0.5, 0.6) is 5.75 Å². The molecule has 2 aromatic rings. The van der Waals surface area contributed by atoms with Crippen LogP contribution in [0.1, 0.15) is 21.6 Å². The lowest BCUT2D eigenvalue weighted by Gasteiger charge is -2.09. The van der Waals surface area contributed by atoms with Gasteiger partial charge in [0, 0.05) is 6.20 Å². The van der Waals surface area contributed by atoms with Crippen molar-refractivity contribution in [1.29, 1.82) is 0 Å². The number of benzene rings is 1. The minimum absolute atomic E-state index is 0.226. The molecule has 0 radical (unpaired) electrons. The summed E-state index contributed by atoms with van der Waals surface area (Å²) in [6.45, 7) is 0.266. The number of amides is 1. The molecular weight excluding hydrogens is 274 g/mol. The fourth-order valence-corrected chi connectivity index (χ4v) is 1.77. The van der Waals surface area contributed by atoms with E-state index in [9.17, 15) is 4.79 Å². The van der Waals surface area contributed by atoms with Gasteiger partial charge in [-0.15, -0.1) is 0 Å². The fourth-order valence-electron chi connectivity index (χ4n) is 1.66. The summed E-state index contributed by atoms with van der Waals surface area (Å²) in [4.78, 5) is 15.5. The summed E-state index contributed by atoms with van der Waals surface area (Å²) in [7, 11) is 0. The molecule has 1 aromatic heterocycles. The van der Waals surface area contributed by atoms with E-state index in [1.807, 2.05) is 0 Å². The van der Waals surface area contributed by atoms with Gasteiger partial charge in [-0.1, -0.05) is 24.4 Å². The summed E-state index contributed by atoms with van der Waals surface area (Å²) in [6, 6.07) is 10.3. The topological polar surface area (TPSA) is 91.2 Å². The van der Waals surface area contributed by atoms with Gasteiger partial charge in [0.2, 0.25) is 0 Å². The minimum Gasteiger partial charge on any atom is -0.488 e. The number of hydrogen-bond acceptors (Lipinski definition) is 4. The number of primary amides is 1. The molecule has 0 saturated heterocycles. The van der Waals surface area contributed by atoms with E-state index in [0.717, 1.165) is 5.56 Å². The van der Waals surface area contributed by atoms with Gasteiger partial charge >= 0.3 is 0 Å². The number of carbonyl (C=O) groups excluding carboxylic acids is 1. The molecule has 0 spiro atoms. The largest absolute Gasteiger partial charge is 0.488 e. The first kappa shape index (κ1) is 14.0. The van der Waals surface area contributed by atoms with Crippen molar-refractivity contribution in [1.82, 2.24) is 4.98 Å². The van der Waals surface area contributed by atoms with Crippen molar-refractivity contribution in [3.8, 4) is 5.75 Å². The van der Waals surface area contributed by atoms with Gasteiger partial charge in [0.15, 0.2) is 0 Å². The highest BCUT2D eigenvalue weighted by molar-refractivity contribution is 7.80. The minimum atomic E-state index is -0.529.